The fraction of sp³-hybridized carbons (Fsp3) is 0.0909. The summed E-state index contributed by atoms with van der Waals surface area (Å²) in [6.45, 7) is 0. The third kappa shape index (κ3) is 1.34. The summed E-state index contributed by atoms with van der Waals surface area (Å²) in [5.41, 5.74) is 0.824. The Kier molecular flexibility index (Phi) is 2.02. The molecule has 0 atom stereocenters. The van der Waals surface area contributed by atoms with Crippen molar-refractivity contribution in [3.63, 3.8) is 0 Å². The van der Waals surface area contributed by atoms with Crippen LogP contribution in [-0.4, -0.2) is 11.8 Å². The zero-order chi connectivity index (χ0) is 11.3. The molecule has 0 bridgehead atoms. The van der Waals surface area contributed by atoms with Gasteiger partial charge in [0.25, 0.3) is 5.91 Å². The number of thiophene rings is 1. The standard InChI is InChI=1S/C11H6ClNO2S/c12-5-1-2-6-7-4-9(14)13-11(15)10(7)16-8(6)3-5/h1-3H,4H2,(H,13,14,15). The lowest BCUT2D eigenvalue weighted by atomic mass is 10.0. The molecule has 1 aromatic heterocycles. The van der Waals surface area contributed by atoms with Crippen molar-refractivity contribution in [1.29, 1.82) is 0 Å². The average Bonchev–Trinajstić information content (AvgIpc) is 2.56. The van der Waals surface area contributed by atoms with Crippen LogP contribution in [0.5, 0.6) is 0 Å². The van der Waals surface area contributed by atoms with Crippen LogP contribution in [0.4, 0.5) is 0 Å². The van der Waals surface area contributed by atoms with Crippen LogP contribution < -0.4 is 5.32 Å². The molecule has 0 radical (unpaired) electrons. The van der Waals surface area contributed by atoms with E-state index >= 15 is 0 Å². The molecule has 1 aromatic carbocycles. The van der Waals surface area contributed by atoms with E-state index in [9.17, 15) is 9.59 Å². The molecule has 0 aliphatic carbocycles. The Morgan fingerprint density at radius 2 is 2.12 bits per heavy atom. The summed E-state index contributed by atoms with van der Waals surface area (Å²) >= 11 is 7.26. The molecule has 0 saturated carbocycles. The van der Waals surface area contributed by atoms with Crippen LogP contribution in [0.15, 0.2) is 18.2 Å². The summed E-state index contributed by atoms with van der Waals surface area (Å²) in [5, 5.41) is 3.90. The average molecular weight is 252 g/mol. The quantitative estimate of drug-likeness (QED) is 0.731. The Bertz CT molecular complexity index is 632. The van der Waals surface area contributed by atoms with Gasteiger partial charge in [-0.15, -0.1) is 11.3 Å². The van der Waals surface area contributed by atoms with E-state index in [0.717, 1.165) is 15.6 Å². The number of imide groups is 1. The van der Waals surface area contributed by atoms with Gasteiger partial charge in [0.05, 0.1) is 11.3 Å². The Hall–Kier alpha value is -1.39. The van der Waals surface area contributed by atoms with Crippen LogP contribution in [0, 0.1) is 0 Å². The first-order valence-electron chi connectivity index (χ1n) is 4.70. The molecule has 3 nitrogen and oxygen atoms in total. The van der Waals surface area contributed by atoms with Crippen molar-refractivity contribution in [1.82, 2.24) is 5.32 Å². The van der Waals surface area contributed by atoms with Crippen molar-refractivity contribution >= 4 is 44.8 Å². The molecule has 16 heavy (non-hydrogen) atoms. The Balaban J connectivity index is 2.34. The molecular formula is C11H6ClNO2S. The molecule has 1 N–H and O–H groups in total. The smallest absolute Gasteiger partial charge is 0.268 e. The number of hydrogen-bond acceptors (Lipinski definition) is 3. The van der Waals surface area contributed by atoms with Crippen molar-refractivity contribution < 1.29 is 9.59 Å². The summed E-state index contributed by atoms with van der Waals surface area (Å²) in [7, 11) is 0. The predicted octanol–water partition coefficient (Wildman–Crippen LogP) is 2.37. The van der Waals surface area contributed by atoms with Gasteiger partial charge in [0.15, 0.2) is 0 Å². The fourth-order valence-corrected chi connectivity index (χ4v) is 3.26. The number of carbonyl (C=O) groups excluding carboxylic acids is 2. The second-order valence-corrected chi connectivity index (χ2v) is 5.09. The first kappa shape index (κ1) is 9.81. The lowest BCUT2D eigenvalue weighted by Crippen LogP contribution is -2.36. The molecule has 0 saturated heterocycles. The maximum absolute atomic E-state index is 11.6. The minimum atomic E-state index is -0.302. The van der Waals surface area contributed by atoms with Gasteiger partial charge in [-0.3, -0.25) is 14.9 Å². The van der Waals surface area contributed by atoms with Gasteiger partial charge in [-0.05, 0) is 23.1 Å². The van der Waals surface area contributed by atoms with E-state index < -0.39 is 0 Å². The molecule has 1 aliphatic rings. The SMILES string of the molecule is O=C1Cc2c(sc3cc(Cl)ccc23)C(=O)N1. The van der Waals surface area contributed by atoms with Gasteiger partial charge in [0, 0.05) is 9.72 Å². The zero-order valence-electron chi connectivity index (χ0n) is 8.04. The van der Waals surface area contributed by atoms with E-state index in [1.807, 2.05) is 12.1 Å². The lowest BCUT2D eigenvalue weighted by molar-refractivity contribution is -0.119. The van der Waals surface area contributed by atoms with Crippen molar-refractivity contribution in [2.75, 3.05) is 0 Å². The number of benzene rings is 1. The lowest BCUT2D eigenvalue weighted by Gasteiger charge is -2.10. The van der Waals surface area contributed by atoms with Crippen LogP contribution in [0.2, 0.25) is 5.02 Å². The third-order valence-electron chi connectivity index (χ3n) is 2.55. The normalized spacial score (nSPS) is 15.1. The van der Waals surface area contributed by atoms with Gasteiger partial charge in [0.1, 0.15) is 0 Å². The molecular weight excluding hydrogens is 246 g/mol. The van der Waals surface area contributed by atoms with Gasteiger partial charge in [-0.2, -0.15) is 0 Å². The van der Waals surface area contributed by atoms with E-state index in [0.29, 0.717) is 9.90 Å². The minimum Gasteiger partial charge on any atom is -0.291 e. The molecule has 0 spiro atoms. The Labute approximate surface area is 100 Å². The molecule has 0 unspecified atom stereocenters. The fourth-order valence-electron chi connectivity index (χ4n) is 1.87. The highest BCUT2D eigenvalue weighted by Gasteiger charge is 2.26. The number of nitrogens with one attached hydrogen (secondary N) is 1. The van der Waals surface area contributed by atoms with Gasteiger partial charge in [0.2, 0.25) is 5.91 Å². The van der Waals surface area contributed by atoms with Crippen LogP contribution in [-0.2, 0) is 11.2 Å². The van der Waals surface area contributed by atoms with E-state index in [1.165, 1.54) is 11.3 Å². The van der Waals surface area contributed by atoms with E-state index in [2.05, 4.69) is 5.32 Å². The van der Waals surface area contributed by atoms with Crippen molar-refractivity contribution in [3.8, 4) is 0 Å². The summed E-state index contributed by atoms with van der Waals surface area (Å²) in [6, 6.07) is 5.45. The maximum Gasteiger partial charge on any atom is 0.268 e. The molecule has 3 rings (SSSR count). The highest BCUT2D eigenvalue weighted by Crippen LogP contribution is 2.34. The molecule has 2 amide bonds. The Morgan fingerprint density at radius 1 is 1.31 bits per heavy atom. The van der Waals surface area contributed by atoms with E-state index in [4.69, 9.17) is 11.6 Å². The number of halogens is 1. The molecule has 5 heteroatoms. The van der Waals surface area contributed by atoms with Crippen LogP contribution in [0.1, 0.15) is 15.2 Å². The number of amides is 2. The van der Waals surface area contributed by atoms with Crippen molar-refractivity contribution in [2.24, 2.45) is 0 Å². The zero-order valence-corrected chi connectivity index (χ0v) is 9.61. The number of carbonyl (C=O) groups is 2. The largest absolute Gasteiger partial charge is 0.291 e. The van der Waals surface area contributed by atoms with Crippen molar-refractivity contribution in [2.45, 2.75) is 6.42 Å². The number of hydrogen-bond donors (Lipinski definition) is 1. The van der Waals surface area contributed by atoms with Crippen LogP contribution >= 0.6 is 22.9 Å². The van der Waals surface area contributed by atoms with E-state index in [-0.39, 0.29) is 18.2 Å². The second-order valence-electron chi connectivity index (χ2n) is 3.60. The van der Waals surface area contributed by atoms with Gasteiger partial charge in [-0.1, -0.05) is 17.7 Å². The summed E-state index contributed by atoms with van der Waals surface area (Å²) in [6.07, 6.45) is 0.267. The van der Waals surface area contributed by atoms with Gasteiger partial charge < -0.3 is 0 Å². The molecule has 2 aromatic rings. The minimum absolute atomic E-state index is 0.243. The first-order valence-corrected chi connectivity index (χ1v) is 5.90. The second kappa shape index (κ2) is 3.30. The van der Waals surface area contributed by atoms with Gasteiger partial charge >= 0.3 is 0 Å². The summed E-state index contributed by atoms with van der Waals surface area (Å²) in [5.74, 6) is -0.546. The monoisotopic (exact) mass is 251 g/mol. The summed E-state index contributed by atoms with van der Waals surface area (Å²) in [4.78, 5) is 23.5. The maximum atomic E-state index is 11.6. The van der Waals surface area contributed by atoms with Crippen molar-refractivity contribution in [3.05, 3.63) is 33.7 Å². The first-order chi connectivity index (χ1) is 7.65. The summed E-state index contributed by atoms with van der Waals surface area (Å²) < 4.78 is 0.947. The number of fused-ring (bicyclic) bond motifs is 3. The van der Waals surface area contributed by atoms with Gasteiger partial charge in [-0.25, -0.2) is 0 Å². The van der Waals surface area contributed by atoms with E-state index in [1.54, 1.807) is 6.07 Å². The highest BCUT2D eigenvalue weighted by molar-refractivity contribution is 7.21. The topological polar surface area (TPSA) is 46.2 Å². The number of rotatable bonds is 0. The predicted molar refractivity (Wildman–Crippen MR) is 63.0 cm³/mol. The van der Waals surface area contributed by atoms with Crippen LogP contribution in [0.25, 0.3) is 10.1 Å². The molecule has 0 fully saturated rings. The third-order valence-corrected chi connectivity index (χ3v) is 3.98. The molecule has 1 aliphatic heterocycles. The highest BCUT2D eigenvalue weighted by atomic mass is 35.5. The Morgan fingerprint density at radius 3 is 2.94 bits per heavy atom. The molecule has 2 heterocycles. The van der Waals surface area contributed by atoms with Crippen LogP contribution in [0.3, 0.4) is 0 Å². The molecule has 80 valence electrons.